The number of anilines is 1. The molecule has 144 valence electrons. The van der Waals surface area contributed by atoms with E-state index in [4.69, 9.17) is 23.2 Å². The third-order valence-electron chi connectivity index (χ3n) is 4.83. The number of urea groups is 1. The maximum Gasteiger partial charge on any atom is 0.317 e. The molecule has 2 aromatic rings. The third-order valence-corrected chi connectivity index (χ3v) is 5.42. The molecule has 0 bridgehead atoms. The summed E-state index contributed by atoms with van der Waals surface area (Å²) in [6, 6.07) is 9.30. The van der Waals surface area contributed by atoms with Crippen molar-refractivity contribution in [3.05, 3.63) is 52.1 Å². The van der Waals surface area contributed by atoms with Crippen LogP contribution in [0, 0.1) is 0 Å². The van der Waals surface area contributed by atoms with Crippen LogP contribution in [0.4, 0.5) is 10.6 Å². The van der Waals surface area contributed by atoms with Crippen LogP contribution < -0.4 is 10.2 Å². The maximum absolute atomic E-state index is 12.5. The average Bonchev–Trinajstić information content (AvgIpc) is 2.69. The summed E-state index contributed by atoms with van der Waals surface area (Å²) in [7, 11) is 1.84. The van der Waals surface area contributed by atoms with Gasteiger partial charge in [-0.05, 0) is 49.1 Å². The summed E-state index contributed by atoms with van der Waals surface area (Å²) >= 11 is 12.1. The Morgan fingerprint density at radius 1 is 1.37 bits per heavy atom. The van der Waals surface area contributed by atoms with Crippen molar-refractivity contribution in [1.82, 2.24) is 20.4 Å². The molecule has 1 aliphatic heterocycles. The van der Waals surface area contributed by atoms with Crippen LogP contribution in [0.5, 0.6) is 0 Å². The summed E-state index contributed by atoms with van der Waals surface area (Å²) in [5, 5.41) is 12.3. The number of amides is 2. The van der Waals surface area contributed by atoms with Crippen molar-refractivity contribution in [2.75, 3.05) is 31.6 Å². The number of carbonyl (C=O) groups is 1. The van der Waals surface area contributed by atoms with E-state index in [1.807, 2.05) is 25.2 Å². The van der Waals surface area contributed by atoms with Gasteiger partial charge < -0.3 is 15.1 Å². The molecule has 1 fully saturated rings. The number of aromatic nitrogens is 2. The highest BCUT2D eigenvalue weighted by Crippen LogP contribution is 2.22. The standard InChI is InChI=1S/C19H23Cl2N5O/c1-25(16-4-3-11-26(13-16)18-5-2-9-23-24-18)19(27)22-10-8-14-6-7-15(20)12-17(14)21/h2,5-7,9,12,16H,3-4,8,10-11,13H2,1H3,(H,22,27)/t16-/m1/s1. The lowest BCUT2D eigenvalue weighted by atomic mass is 10.0. The van der Waals surface area contributed by atoms with E-state index in [1.54, 1.807) is 23.2 Å². The van der Waals surface area contributed by atoms with Crippen molar-refractivity contribution in [3.8, 4) is 0 Å². The number of nitrogens with one attached hydrogen (secondary N) is 1. The molecule has 6 nitrogen and oxygen atoms in total. The first-order valence-corrected chi connectivity index (χ1v) is 9.77. The molecule has 1 aromatic heterocycles. The number of rotatable bonds is 5. The number of carbonyl (C=O) groups excluding carboxylic acids is 1. The first kappa shape index (κ1) is 19.7. The molecule has 1 atom stereocenters. The fourth-order valence-corrected chi connectivity index (χ4v) is 3.76. The van der Waals surface area contributed by atoms with E-state index in [0.29, 0.717) is 23.0 Å². The van der Waals surface area contributed by atoms with Gasteiger partial charge in [0.15, 0.2) is 5.82 Å². The van der Waals surface area contributed by atoms with E-state index in [0.717, 1.165) is 37.3 Å². The Labute approximate surface area is 169 Å². The van der Waals surface area contributed by atoms with E-state index >= 15 is 0 Å². The highest BCUT2D eigenvalue weighted by Gasteiger charge is 2.26. The highest BCUT2D eigenvalue weighted by atomic mass is 35.5. The van der Waals surface area contributed by atoms with Gasteiger partial charge in [0.1, 0.15) is 0 Å². The fraction of sp³-hybridized carbons (Fsp3) is 0.421. The quantitative estimate of drug-likeness (QED) is 0.821. The Hall–Kier alpha value is -2.05. The van der Waals surface area contributed by atoms with Gasteiger partial charge in [-0.1, -0.05) is 29.3 Å². The molecule has 2 heterocycles. The van der Waals surface area contributed by atoms with Crippen LogP contribution in [0.1, 0.15) is 18.4 Å². The molecule has 0 radical (unpaired) electrons. The first-order valence-electron chi connectivity index (χ1n) is 9.02. The van der Waals surface area contributed by atoms with E-state index in [1.165, 1.54) is 0 Å². The lowest BCUT2D eigenvalue weighted by Crippen LogP contribution is -2.51. The Morgan fingerprint density at radius 2 is 2.22 bits per heavy atom. The van der Waals surface area contributed by atoms with Crippen molar-refractivity contribution in [2.24, 2.45) is 0 Å². The SMILES string of the molecule is CN(C(=O)NCCc1ccc(Cl)cc1Cl)[C@@H]1CCCN(c2cccnn2)C1. The topological polar surface area (TPSA) is 61.4 Å². The van der Waals surface area contributed by atoms with Crippen LogP contribution in [-0.2, 0) is 6.42 Å². The van der Waals surface area contributed by atoms with Gasteiger partial charge in [-0.25, -0.2) is 4.79 Å². The molecule has 2 amide bonds. The molecular formula is C19H23Cl2N5O. The number of hydrogen-bond donors (Lipinski definition) is 1. The van der Waals surface area contributed by atoms with Crippen molar-refractivity contribution in [2.45, 2.75) is 25.3 Å². The van der Waals surface area contributed by atoms with Crippen molar-refractivity contribution < 1.29 is 4.79 Å². The molecule has 0 saturated carbocycles. The zero-order valence-corrected chi connectivity index (χ0v) is 16.7. The molecule has 1 N–H and O–H groups in total. The van der Waals surface area contributed by atoms with E-state index in [-0.39, 0.29) is 12.1 Å². The third kappa shape index (κ3) is 5.23. The Morgan fingerprint density at radius 3 is 2.96 bits per heavy atom. The minimum atomic E-state index is -0.0777. The number of halogens is 2. The number of hydrogen-bond acceptors (Lipinski definition) is 4. The predicted molar refractivity (Wildman–Crippen MR) is 109 cm³/mol. The Bertz CT molecular complexity index is 774. The summed E-state index contributed by atoms with van der Waals surface area (Å²) in [5.41, 5.74) is 0.968. The lowest BCUT2D eigenvalue weighted by molar-refractivity contribution is 0.182. The van der Waals surface area contributed by atoms with Crippen molar-refractivity contribution in [3.63, 3.8) is 0 Å². The van der Waals surface area contributed by atoms with E-state index in [2.05, 4.69) is 20.4 Å². The monoisotopic (exact) mass is 407 g/mol. The molecule has 1 aromatic carbocycles. The van der Waals surface area contributed by atoms with Crippen LogP contribution in [-0.4, -0.2) is 53.9 Å². The van der Waals surface area contributed by atoms with Crippen molar-refractivity contribution in [1.29, 1.82) is 0 Å². The minimum absolute atomic E-state index is 0.0777. The van der Waals surface area contributed by atoms with Gasteiger partial charge in [0.2, 0.25) is 0 Å². The molecule has 1 aliphatic rings. The zero-order chi connectivity index (χ0) is 19.2. The van der Waals surface area contributed by atoms with E-state index in [9.17, 15) is 4.79 Å². The van der Waals surface area contributed by atoms with Crippen LogP contribution in [0.2, 0.25) is 10.0 Å². The van der Waals surface area contributed by atoms with Crippen LogP contribution in [0.3, 0.4) is 0 Å². The van der Waals surface area contributed by atoms with Gasteiger partial charge >= 0.3 is 6.03 Å². The van der Waals surface area contributed by atoms with Gasteiger partial charge in [0, 0.05) is 42.9 Å². The summed E-state index contributed by atoms with van der Waals surface area (Å²) in [6.07, 6.45) is 4.31. The molecule has 3 rings (SSSR count). The average molecular weight is 408 g/mol. The molecular weight excluding hydrogens is 385 g/mol. The fourth-order valence-electron chi connectivity index (χ4n) is 3.26. The number of piperidine rings is 1. The summed E-state index contributed by atoms with van der Waals surface area (Å²) in [5.74, 6) is 0.855. The largest absolute Gasteiger partial charge is 0.353 e. The number of nitrogens with zero attached hydrogens (tertiary/aromatic N) is 4. The van der Waals surface area contributed by atoms with E-state index < -0.39 is 0 Å². The van der Waals surface area contributed by atoms with Gasteiger partial charge in [-0.2, -0.15) is 5.10 Å². The van der Waals surface area contributed by atoms with Gasteiger partial charge in [-0.15, -0.1) is 5.10 Å². The lowest BCUT2D eigenvalue weighted by Gasteiger charge is -2.37. The first-order chi connectivity index (χ1) is 13.0. The van der Waals surface area contributed by atoms with Crippen LogP contribution in [0.25, 0.3) is 0 Å². The Balaban J connectivity index is 1.50. The highest BCUT2D eigenvalue weighted by molar-refractivity contribution is 6.35. The second-order valence-corrected chi connectivity index (χ2v) is 7.50. The van der Waals surface area contributed by atoms with Crippen LogP contribution in [0.15, 0.2) is 36.5 Å². The normalized spacial score (nSPS) is 16.9. The molecule has 0 spiro atoms. The van der Waals surface area contributed by atoms with Gasteiger partial charge in [-0.3, -0.25) is 0 Å². The Kier molecular flexibility index (Phi) is 6.74. The molecule has 1 saturated heterocycles. The molecule has 27 heavy (non-hydrogen) atoms. The second-order valence-electron chi connectivity index (χ2n) is 6.65. The predicted octanol–water partition coefficient (Wildman–Crippen LogP) is 3.64. The molecule has 0 aliphatic carbocycles. The zero-order valence-electron chi connectivity index (χ0n) is 15.2. The van der Waals surface area contributed by atoms with Crippen molar-refractivity contribution >= 4 is 35.1 Å². The molecule has 8 heteroatoms. The summed E-state index contributed by atoms with van der Waals surface area (Å²) in [6.45, 7) is 2.20. The van der Waals surface area contributed by atoms with Gasteiger partial charge in [0.05, 0.1) is 6.04 Å². The number of benzene rings is 1. The summed E-state index contributed by atoms with van der Waals surface area (Å²) in [4.78, 5) is 16.5. The van der Waals surface area contributed by atoms with Crippen LogP contribution >= 0.6 is 23.2 Å². The summed E-state index contributed by atoms with van der Waals surface area (Å²) < 4.78 is 0. The number of likely N-dealkylation sites (N-methyl/N-ethyl adjacent to an activating group) is 1. The van der Waals surface area contributed by atoms with Gasteiger partial charge in [0.25, 0.3) is 0 Å². The molecule has 0 unspecified atom stereocenters. The maximum atomic E-state index is 12.5. The minimum Gasteiger partial charge on any atom is -0.353 e. The smallest absolute Gasteiger partial charge is 0.317 e. The second kappa shape index (κ2) is 9.24.